The van der Waals surface area contributed by atoms with Crippen molar-refractivity contribution in [3.63, 3.8) is 0 Å². The topological polar surface area (TPSA) is 76.7 Å². The van der Waals surface area contributed by atoms with Gasteiger partial charge in [0.15, 0.2) is 4.34 Å². The van der Waals surface area contributed by atoms with E-state index in [0.29, 0.717) is 17.5 Å². The Morgan fingerprint density at radius 2 is 2.00 bits per heavy atom. The molecule has 1 N–H and O–H groups in total. The Balaban J connectivity index is 1.63. The zero-order valence-electron chi connectivity index (χ0n) is 12.5. The highest BCUT2D eigenvalue weighted by Gasteiger charge is 2.09. The molecular formula is C14H15N5OS2. The van der Waals surface area contributed by atoms with Crippen molar-refractivity contribution >= 4 is 33.9 Å². The van der Waals surface area contributed by atoms with Crippen LogP contribution in [0.3, 0.4) is 0 Å². The van der Waals surface area contributed by atoms with Crippen LogP contribution in [-0.2, 0) is 5.75 Å². The summed E-state index contributed by atoms with van der Waals surface area (Å²) in [5.74, 6) is 1.77. The summed E-state index contributed by atoms with van der Waals surface area (Å²) in [5, 5.41) is 20.2. The van der Waals surface area contributed by atoms with Gasteiger partial charge in [-0.25, -0.2) is 0 Å². The third-order valence-electron chi connectivity index (χ3n) is 2.92. The predicted octanol–water partition coefficient (Wildman–Crippen LogP) is 3.88. The van der Waals surface area contributed by atoms with E-state index < -0.39 is 0 Å². The summed E-state index contributed by atoms with van der Waals surface area (Å²) < 4.78 is 6.20. The Hall–Kier alpha value is -1.93. The summed E-state index contributed by atoms with van der Waals surface area (Å²) in [7, 11) is 0. The quantitative estimate of drug-likeness (QED) is 0.710. The second kappa shape index (κ2) is 6.45. The second-order valence-electron chi connectivity index (χ2n) is 4.82. The monoisotopic (exact) mass is 333 g/mol. The van der Waals surface area contributed by atoms with E-state index in [1.807, 2.05) is 0 Å². The molecule has 0 unspecified atom stereocenters. The number of thioether (sulfide) groups is 1. The normalized spacial score (nSPS) is 10.9. The van der Waals surface area contributed by atoms with Crippen LogP contribution in [0.25, 0.3) is 0 Å². The van der Waals surface area contributed by atoms with Gasteiger partial charge in [0, 0.05) is 12.6 Å². The van der Waals surface area contributed by atoms with Gasteiger partial charge in [-0.1, -0.05) is 40.8 Å². The van der Waals surface area contributed by atoms with E-state index in [1.54, 1.807) is 6.92 Å². The average molecular weight is 333 g/mol. The fraction of sp³-hybridized carbons (Fsp3) is 0.286. The Morgan fingerprint density at radius 3 is 2.73 bits per heavy atom. The molecule has 3 rings (SSSR count). The first kappa shape index (κ1) is 15.0. The van der Waals surface area contributed by atoms with Crippen LogP contribution in [0.5, 0.6) is 0 Å². The summed E-state index contributed by atoms with van der Waals surface area (Å²) in [5.41, 5.74) is 3.47. The fourth-order valence-electron chi connectivity index (χ4n) is 1.91. The number of nitrogens with zero attached hydrogens (tertiary/aromatic N) is 4. The molecule has 0 fully saturated rings. The Labute approximate surface area is 136 Å². The van der Waals surface area contributed by atoms with Crippen LogP contribution < -0.4 is 5.32 Å². The average Bonchev–Trinajstić information content (AvgIpc) is 3.09. The van der Waals surface area contributed by atoms with Crippen molar-refractivity contribution in [2.24, 2.45) is 0 Å². The van der Waals surface area contributed by atoms with Crippen LogP contribution in [0, 0.1) is 20.8 Å². The molecule has 8 heteroatoms. The minimum Gasteiger partial charge on any atom is -0.425 e. The standard InChI is InChI=1S/C14H15N5OS2/c1-8-4-5-11(9(2)6-8)15-13-18-19-14(22-13)21-7-12-17-16-10(3)20-12/h4-6H,7H2,1-3H3,(H,15,18). The van der Waals surface area contributed by atoms with E-state index in [0.717, 1.165) is 15.2 Å². The number of hydrogen-bond donors (Lipinski definition) is 1. The predicted molar refractivity (Wildman–Crippen MR) is 87.7 cm³/mol. The molecule has 2 heterocycles. The Kier molecular flexibility index (Phi) is 4.39. The molecule has 0 radical (unpaired) electrons. The van der Waals surface area contributed by atoms with Gasteiger partial charge in [0.2, 0.25) is 16.9 Å². The lowest BCUT2D eigenvalue weighted by Crippen LogP contribution is -1.92. The summed E-state index contributed by atoms with van der Waals surface area (Å²) in [6.07, 6.45) is 0. The van der Waals surface area contributed by atoms with Crippen LogP contribution in [0.15, 0.2) is 27.0 Å². The van der Waals surface area contributed by atoms with Crippen molar-refractivity contribution < 1.29 is 4.42 Å². The van der Waals surface area contributed by atoms with E-state index in [1.165, 1.54) is 34.2 Å². The van der Waals surface area contributed by atoms with Crippen LogP contribution >= 0.6 is 23.1 Å². The highest BCUT2D eigenvalue weighted by atomic mass is 32.2. The van der Waals surface area contributed by atoms with Gasteiger partial charge in [-0.2, -0.15) is 0 Å². The van der Waals surface area contributed by atoms with Crippen molar-refractivity contribution in [1.29, 1.82) is 0 Å². The van der Waals surface area contributed by atoms with E-state index in [-0.39, 0.29) is 0 Å². The van der Waals surface area contributed by atoms with Crippen molar-refractivity contribution in [1.82, 2.24) is 20.4 Å². The lowest BCUT2D eigenvalue weighted by Gasteiger charge is -2.06. The number of benzene rings is 1. The molecular weight excluding hydrogens is 318 g/mol. The van der Waals surface area contributed by atoms with Crippen molar-refractivity contribution in [2.45, 2.75) is 30.9 Å². The van der Waals surface area contributed by atoms with Gasteiger partial charge >= 0.3 is 0 Å². The van der Waals surface area contributed by atoms with E-state index in [9.17, 15) is 0 Å². The number of aryl methyl sites for hydroxylation is 3. The van der Waals surface area contributed by atoms with Gasteiger partial charge < -0.3 is 9.73 Å². The molecule has 0 spiro atoms. The number of aromatic nitrogens is 4. The van der Waals surface area contributed by atoms with Crippen molar-refractivity contribution in [2.75, 3.05) is 5.32 Å². The molecule has 0 bridgehead atoms. The largest absolute Gasteiger partial charge is 0.425 e. The van der Waals surface area contributed by atoms with Gasteiger partial charge in [-0.05, 0) is 25.5 Å². The van der Waals surface area contributed by atoms with Gasteiger partial charge in [0.1, 0.15) is 0 Å². The van der Waals surface area contributed by atoms with Crippen LogP contribution in [0.2, 0.25) is 0 Å². The first-order valence-electron chi connectivity index (χ1n) is 6.70. The SMILES string of the molecule is Cc1ccc(Nc2nnc(SCc3nnc(C)o3)s2)c(C)c1. The molecule has 0 saturated carbocycles. The molecule has 1 aromatic carbocycles. The maximum Gasteiger partial charge on any atom is 0.226 e. The summed E-state index contributed by atoms with van der Waals surface area (Å²) >= 11 is 3.04. The lowest BCUT2D eigenvalue weighted by atomic mass is 10.1. The van der Waals surface area contributed by atoms with Crippen molar-refractivity contribution in [3.8, 4) is 0 Å². The van der Waals surface area contributed by atoms with Crippen molar-refractivity contribution in [3.05, 3.63) is 41.1 Å². The second-order valence-corrected chi connectivity index (χ2v) is 7.02. The molecule has 114 valence electrons. The van der Waals surface area contributed by atoms with E-state index >= 15 is 0 Å². The molecule has 0 saturated heterocycles. The van der Waals surface area contributed by atoms with Gasteiger partial charge in [0.05, 0.1) is 5.75 Å². The molecule has 3 aromatic rings. The first-order valence-corrected chi connectivity index (χ1v) is 8.50. The maximum atomic E-state index is 5.33. The van der Waals surface area contributed by atoms with E-state index in [4.69, 9.17) is 4.42 Å². The summed E-state index contributed by atoms with van der Waals surface area (Å²) in [6, 6.07) is 6.26. The van der Waals surface area contributed by atoms with Gasteiger partial charge in [-0.3, -0.25) is 0 Å². The third-order valence-corrected chi connectivity index (χ3v) is 4.87. The molecule has 0 amide bonds. The lowest BCUT2D eigenvalue weighted by molar-refractivity contribution is 0.485. The van der Waals surface area contributed by atoms with Crippen LogP contribution in [0.1, 0.15) is 22.9 Å². The molecule has 0 atom stereocenters. The molecule has 6 nitrogen and oxygen atoms in total. The highest BCUT2D eigenvalue weighted by Crippen LogP contribution is 2.30. The molecule has 2 aromatic heterocycles. The van der Waals surface area contributed by atoms with Gasteiger partial charge in [0.25, 0.3) is 0 Å². The summed E-state index contributed by atoms with van der Waals surface area (Å²) in [4.78, 5) is 0. The maximum absolute atomic E-state index is 5.33. The molecule has 22 heavy (non-hydrogen) atoms. The zero-order chi connectivity index (χ0) is 15.5. The smallest absolute Gasteiger partial charge is 0.226 e. The minimum absolute atomic E-state index is 0.574. The molecule has 0 aliphatic heterocycles. The number of rotatable bonds is 5. The van der Waals surface area contributed by atoms with Gasteiger partial charge in [-0.15, -0.1) is 20.4 Å². The minimum atomic E-state index is 0.574. The number of hydrogen-bond acceptors (Lipinski definition) is 8. The highest BCUT2D eigenvalue weighted by molar-refractivity contribution is 8.00. The third kappa shape index (κ3) is 3.63. The number of nitrogens with one attached hydrogen (secondary N) is 1. The van der Waals surface area contributed by atoms with Crippen LogP contribution in [0.4, 0.5) is 10.8 Å². The number of anilines is 2. The first-order chi connectivity index (χ1) is 10.6. The van der Waals surface area contributed by atoms with Crippen LogP contribution in [-0.4, -0.2) is 20.4 Å². The molecule has 0 aliphatic rings. The molecule has 0 aliphatic carbocycles. The Morgan fingerprint density at radius 1 is 1.14 bits per heavy atom. The zero-order valence-corrected chi connectivity index (χ0v) is 14.1. The Bertz CT molecular complexity index is 783. The van der Waals surface area contributed by atoms with E-state index in [2.05, 4.69) is 57.8 Å². The fourth-order valence-corrected chi connectivity index (χ4v) is 3.51. The summed E-state index contributed by atoms with van der Waals surface area (Å²) in [6.45, 7) is 5.93.